The van der Waals surface area contributed by atoms with Gasteiger partial charge in [-0.2, -0.15) is 0 Å². The van der Waals surface area contributed by atoms with Crippen molar-refractivity contribution in [2.75, 3.05) is 26.2 Å². The van der Waals surface area contributed by atoms with E-state index in [1.54, 1.807) is 9.91 Å². The summed E-state index contributed by atoms with van der Waals surface area (Å²) in [5.41, 5.74) is 9.62. The van der Waals surface area contributed by atoms with Crippen molar-refractivity contribution in [2.24, 2.45) is 11.7 Å². The van der Waals surface area contributed by atoms with Crippen LogP contribution in [0.3, 0.4) is 0 Å². The van der Waals surface area contributed by atoms with Crippen LogP contribution in [0, 0.1) is 5.92 Å². The van der Waals surface area contributed by atoms with Crippen molar-refractivity contribution in [3.05, 3.63) is 70.8 Å². The van der Waals surface area contributed by atoms with Gasteiger partial charge in [0, 0.05) is 49.3 Å². The number of nitrogens with zero attached hydrogens (tertiary/aromatic N) is 2. The highest BCUT2D eigenvalue weighted by atomic mass is 16.3. The zero-order chi connectivity index (χ0) is 31.2. The molecule has 2 rings (SSSR count). The van der Waals surface area contributed by atoms with Crippen LogP contribution >= 0.6 is 0 Å². The molecule has 0 saturated heterocycles. The smallest absolute Gasteiger partial charge is 0.253 e. The Labute approximate surface area is 249 Å². The van der Waals surface area contributed by atoms with E-state index in [-0.39, 0.29) is 41.0 Å². The summed E-state index contributed by atoms with van der Waals surface area (Å²) in [5, 5.41) is 15.8. The number of carbonyl (C=O) groups excluding carboxylic acids is 4. The first kappa shape index (κ1) is 34.4. The topological polar surface area (TPSA) is 145 Å². The Morgan fingerprint density at radius 3 is 2.05 bits per heavy atom. The van der Waals surface area contributed by atoms with Crippen LogP contribution < -0.4 is 16.5 Å². The molecule has 0 spiro atoms. The maximum atomic E-state index is 13.6. The van der Waals surface area contributed by atoms with Gasteiger partial charge in [0.25, 0.3) is 11.8 Å². The van der Waals surface area contributed by atoms with E-state index in [1.165, 1.54) is 18.2 Å². The van der Waals surface area contributed by atoms with E-state index in [9.17, 15) is 24.3 Å². The number of amides is 4. The van der Waals surface area contributed by atoms with Gasteiger partial charge in [0.1, 0.15) is 0 Å². The molecule has 0 radical (unpaired) electrons. The second-order valence-corrected chi connectivity index (χ2v) is 11.0. The molecule has 10 heteroatoms. The minimum Gasteiger partial charge on any atom is -0.390 e. The molecule has 2 unspecified atom stereocenters. The lowest BCUT2D eigenvalue weighted by Gasteiger charge is -2.30. The molecule has 0 aromatic heterocycles. The molecule has 2 aromatic rings. The number of likely N-dealkylation sites (N-methyl/N-ethyl adjacent to an activating group) is 1. The number of hydrogen-bond donors (Lipinski definition) is 4. The minimum absolute atomic E-state index is 0.0455. The van der Waals surface area contributed by atoms with Crippen LogP contribution in [0.2, 0.25) is 0 Å². The zero-order valence-electron chi connectivity index (χ0n) is 25.6. The van der Waals surface area contributed by atoms with Crippen molar-refractivity contribution in [3.8, 4) is 0 Å². The molecular formula is C32H47N5O5. The third-order valence-electron chi connectivity index (χ3n) is 6.75. The van der Waals surface area contributed by atoms with Gasteiger partial charge in [0.2, 0.25) is 11.8 Å². The quantitative estimate of drug-likeness (QED) is 0.211. The monoisotopic (exact) mass is 581 g/mol. The van der Waals surface area contributed by atoms with E-state index in [2.05, 4.69) is 10.7 Å². The van der Waals surface area contributed by atoms with E-state index in [1.807, 2.05) is 65.0 Å². The number of rotatable bonds is 17. The molecule has 0 aliphatic rings. The SMILES string of the molecule is CCCN(CCC)C(=O)c1cc(C(N)=O)cc(C(=O)NC(Cc2ccccc2)C(O)CN(CC)NC(=O)CC(C)C)c1. The summed E-state index contributed by atoms with van der Waals surface area (Å²) in [4.78, 5) is 53.1. The first-order chi connectivity index (χ1) is 20.0. The van der Waals surface area contributed by atoms with Gasteiger partial charge in [-0.1, -0.05) is 65.0 Å². The van der Waals surface area contributed by atoms with Gasteiger partial charge >= 0.3 is 0 Å². The molecule has 0 aliphatic heterocycles. The second-order valence-electron chi connectivity index (χ2n) is 11.0. The van der Waals surface area contributed by atoms with Crippen LogP contribution in [-0.4, -0.2) is 77.0 Å². The van der Waals surface area contributed by atoms with E-state index < -0.39 is 24.0 Å². The lowest BCUT2D eigenvalue weighted by atomic mass is 9.99. The summed E-state index contributed by atoms with van der Waals surface area (Å²) in [5.74, 6) is -1.57. The van der Waals surface area contributed by atoms with E-state index in [0.29, 0.717) is 32.5 Å². The number of benzene rings is 2. The van der Waals surface area contributed by atoms with Gasteiger partial charge in [-0.25, -0.2) is 5.01 Å². The Morgan fingerprint density at radius 1 is 0.905 bits per heavy atom. The third-order valence-corrected chi connectivity index (χ3v) is 6.75. The average molecular weight is 582 g/mol. The number of hydrazine groups is 1. The van der Waals surface area contributed by atoms with Gasteiger partial charge in [-0.3, -0.25) is 24.6 Å². The molecule has 0 aliphatic carbocycles. The largest absolute Gasteiger partial charge is 0.390 e. The Balaban J connectivity index is 2.36. The molecule has 42 heavy (non-hydrogen) atoms. The van der Waals surface area contributed by atoms with Gasteiger partial charge < -0.3 is 21.1 Å². The summed E-state index contributed by atoms with van der Waals surface area (Å²) in [7, 11) is 0. The van der Waals surface area contributed by atoms with E-state index in [4.69, 9.17) is 5.73 Å². The first-order valence-electron chi connectivity index (χ1n) is 14.8. The summed E-state index contributed by atoms with van der Waals surface area (Å²) in [6.45, 7) is 11.3. The summed E-state index contributed by atoms with van der Waals surface area (Å²) in [6, 6.07) is 12.9. The second kappa shape index (κ2) is 17.3. The lowest BCUT2D eigenvalue weighted by molar-refractivity contribution is -0.127. The number of nitrogens with two attached hydrogens (primary N) is 1. The van der Waals surface area contributed by atoms with Crippen LogP contribution in [0.1, 0.15) is 90.5 Å². The highest BCUT2D eigenvalue weighted by Crippen LogP contribution is 2.16. The van der Waals surface area contributed by atoms with Crippen LogP contribution in [0.5, 0.6) is 0 Å². The van der Waals surface area contributed by atoms with Crippen molar-refractivity contribution >= 4 is 23.6 Å². The number of aliphatic hydroxyl groups excluding tert-OH is 1. The standard InChI is InChI=1S/C32H47N5O5/c1-6-14-36(15-7-2)32(42)26-19-24(30(33)40)18-25(20-26)31(41)34-27(17-23-12-10-9-11-13-23)28(38)21-37(8-3)35-29(39)16-22(4)5/h9-13,18-20,22,27-28,38H,6-8,14-17,21H2,1-5H3,(H2,33,40)(H,34,41)(H,35,39). The maximum absolute atomic E-state index is 13.6. The maximum Gasteiger partial charge on any atom is 0.253 e. The summed E-state index contributed by atoms with van der Waals surface area (Å²) >= 11 is 0. The Hall–Kier alpha value is -3.76. The fraction of sp³-hybridized carbons (Fsp3) is 0.500. The van der Waals surface area contributed by atoms with Gasteiger partial charge in [-0.15, -0.1) is 0 Å². The summed E-state index contributed by atoms with van der Waals surface area (Å²) in [6.07, 6.45) is 1.13. The number of carbonyl (C=O) groups is 4. The van der Waals surface area contributed by atoms with Gasteiger partial charge in [0.05, 0.1) is 12.1 Å². The molecule has 10 nitrogen and oxygen atoms in total. The van der Waals surface area contributed by atoms with Crippen molar-refractivity contribution < 1.29 is 24.3 Å². The fourth-order valence-corrected chi connectivity index (χ4v) is 4.66. The molecule has 0 fully saturated rings. The molecule has 4 amide bonds. The molecule has 2 aromatic carbocycles. The molecule has 5 N–H and O–H groups in total. The lowest BCUT2D eigenvalue weighted by Crippen LogP contribution is -2.53. The highest BCUT2D eigenvalue weighted by molar-refractivity contribution is 6.04. The van der Waals surface area contributed by atoms with Crippen molar-refractivity contribution in [1.29, 1.82) is 0 Å². The van der Waals surface area contributed by atoms with Gasteiger partial charge in [-0.05, 0) is 48.9 Å². The molecule has 230 valence electrons. The predicted molar refractivity (Wildman–Crippen MR) is 164 cm³/mol. The third kappa shape index (κ3) is 10.9. The summed E-state index contributed by atoms with van der Waals surface area (Å²) < 4.78 is 0. The van der Waals surface area contributed by atoms with Gasteiger partial charge in [0.15, 0.2) is 0 Å². The number of primary amides is 1. The Morgan fingerprint density at radius 2 is 1.50 bits per heavy atom. The van der Waals surface area contributed by atoms with Crippen LogP contribution in [0.4, 0.5) is 0 Å². The minimum atomic E-state index is -1.06. The van der Waals surface area contributed by atoms with Crippen molar-refractivity contribution in [2.45, 2.75) is 72.4 Å². The molecular weight excluding hydrogens is 534 g/mol. The van der Waals surface area contributed by atoms with E-state index in [0.717, 1.165) is 18.4 Å². The molecule has 2 atom stereocenters. The van der Waals surface area contributed by atoms with Crippen molar-refractivity contribution in [1.82, 2.24) is 20.7 Å². The average Bonchev–Trinajstić information content (AvgIpc) is 2.95. The van der Waals surface area contributed by atoms with Crippen LogP contribution in [0.15, 0.2) is 48.5 Å². The van der Waals surface area contributed by atoms with Crippen LogP contribution in [0.25, 0.3) is 0 Å². The van der Waals surface area contributed by atoms with E-state index >= 15 is 0 Å². The normalized spacial score (nSPS) is 12.6. The predicted octanol–water partition coefficient (Wildman–Crippen LogP) is 3.15. The van der Waals surface area contributed by atoms with Crippen LogP contribution in [-0.2, 0) is 11.2 Å². The number of hydrogen-bond acceptors (Lipinski definition) is 6. The Bertz CT molecular complexity index is 1180. The van der Waals surface area contributed by atoms with Crippen molar-refractivity contribution in [3.63, 3.8) is 0 Å². The molecule has 0 heterocycles. The number of nitrogens with one attached hydrogen (secondary N) is 2. The molecule has 0 bridgehead atoms. The fourth-order valence-electron chi connectivity index (χ4n) is 4.66. The Kier molecular flexibility index (Phi) is 14.1. The highest BCUT2D eigenvalue weighted by Gasteiger charge is 2.26. The molecule has 0 saturated carbocycles. The zero-order valence-corrected chi connectivity index (χ0v) is 25.6. The number of aliphatic hydroxyl groups is 1. The first-order valence-corrected chi connectivity index (χ1v) is 14.8.